The minimum absolute atomic E-state index is 0.144. The minimum Gasteiger partial charge on any atom is -0.497 e. The van der Waals surface area contributed by atoms with Gasteiger partial charge >= 0.3 is 0 Å². The van der Waals surface area contributed by atoms with E-state index in [9.17, 15) is 4.79 Å². The highest BCUT2D eigenvalue weighted by atomic mass is 16.5. The molecule has 0 fully saturated rings. The van der Waals surface area contributed by atoms with Crippen LogP contribution in [0.3, 0.4) is 0 Å². The van der Waals surface area contributed by atoms with E-state index in [1.54, 1.807) is 31.4 Å². The van der Waals surface area contributed by atoms with Crippen LogP contribution in [-0.2, 0) is 0 Å². The number of benzene rings is 1. The van der Waals surface area contributed by atoms with Crippen LogP contribution in [0.5, 0.6) is 5.75 Å². The van der Waals surface area contributed by atoms with E-state index in [0.717, 1.165) is 18.1 Å². The number of carbonyl (C=O) groups is 1. The number of amides is 1. The van der Waals surface area contributed by atoms with E-state index in [2.05, 4.69) is 25.9 Å². The first-order valence-electron chi connectivity index (χ1n) is 7.88. The zero-order valence-electron chi connectivity index (χ0n) is 14.2. The number of aromatic nitrogens is 2. The fourth-order valence-corrected chi connectivity index (χ4v) is 2.14. The van der Waals surface area contributed by atoms with Crippen LogP contribution in [0.2, 0.25) is 0 Å². The summed E-state index contributed by atoms with van der Waals surface area (Å²) in [7, 11) is 1.57. The lowest BCUT2D eigenvalue weighted by atomic mass is 10.2. The number of anilines is 2. The van der Waals surface area contributed by atoms with Crippen LogP contribution in [0.25, 0.3) is 0 Å². The highest BCUT2D eigenvalue weighted by molar-refractivity contribution is 5.94. The zero-order valence-corrected chi connectivity index (χ0v) is 14.2. The van der Waals surface area contributed by atoms with Crippen molar-refractivity contribution < 1.29 is 9.53 Å². The second-order valence-corrected chi connectivity index (χ2v) is 5.16. The molecule has 0 unspecified atom stereocenters. The number of carbonyl (C=O) groups excluding carboxylic acids is 1. The van der Waals surface area contributed by atoms with Gasteiger partial charge in [0.15, 0.2) is 0 Å². The van der Waals surface area contributed by atoms with Crippen molar-refractivity contribution in [3.63, 3.8) is 0 Å². The molecular weight excluding hydrogens is 306 g/mol. The smallest absolute Gasteiger partial charge is 0.251 e. The fraction of sp³-hybridized carbons (Fsp3) is 0.353. The Morgan fingerprint density at radius 1 is 1.17 bits per heavy atom. The Hall–Kier alpha value is -2.83. The number of rotatable bonds is 8. The maximum absolute atomic E-state index is 12.1. The highest BCUT2D eigenvalue weighted by Gasteiger charge is 2.06. The maximum atomic E-state index is 12.1. The largest absolute Gasteiger partial charge is 0.497 e. The molecule has 24 heavy (non-hydrogen) atoms. The van der Waals surface area contributed by atoms with E-state index in [4.69, 9.17) is 4.74 Å². The van der Waals surface area contributed by atoms with Gasteiger partial charge in [-0.3, -0.25) is 4.79 Å². The Morgan fingerprint density at radius 3 is 2.75 bits per heavy atom. The quantitative estimate of drug-likeness (QED) is 0.643. The molecule has 0 bridgehead atoms. The third-order valence-electron chi connectivity index (χ3n) is 3.24. The molecule has 1 amide bonds. The van der Waals surface area contributed by atoms with Crippen LogP contribution in [0, 0.1) is 6.92 Å². The van der Waals surface area contributed by atoms with Gasteiger partial charge in [0.2, 0.25) is 5.95 Å². The summed E-state index contributed by atoms with van der Waals surface area (Å²) in [4.78, 5) is 20.8. The van der Waals surface area contributed by atoms with Crippen molar-refractivity contribution in [2.24, 2.45) is 0 Å². The number of ether oxygens (including phenoxy) is 1. The van der Waals surface area contributed by atoms with Crippen molar-refractivity contribution in [3.8, 4) is 5.75 Å². The molecule has 0 aliphatic rings. The summed E-state index contributed by atoms with van der Waals surface area (Å²) in [6, 6.07) is 8.93. The monoisotopic (exact) mass is 329 g/mol. The molecule has 128 valence electrons. The van der Waals surface area contributed by atoms with Crippen LogP contribution >= 0.6 is 0 Å². The number of methoxy groups -OCH3 is 1. The van der Waals surface area contributed by atoms with Gasteiger partial charge in [0, 0.05) is 37.0 Å². The Balaban J connectivity index is 1.83. The maximum Gasteiger partial charge on any atom is 0.251 e. The number of hydrogen-bond acceptors (Lipinski definition) is 6. The normalized spacial score (nSPS) is 10.1. The molecular formula is C17H23N5O2. The molecule has 1 aromatic heterocycles. The summed E-state index contributed by atoms with van der Waals surface area (Å²) in [6.45, 7) is 5.72. The lowest BCUT2D eigenvalue weighted by Gasteiger charge is -2.10. The number of nitrogens with zero attached hydrogens (tertiary/aromatic N) is 2. The Bertz CT molecular complexity index is 690. The first-order chi connectivity index (χ1) is 11.6. The van der Waals surface area contributed by atoms with Crippen molar-refractivity contribution in [2.75, 3.05) is 37.4 Å². The average molecular weight is 329 g/mol. The zero-order chi connectivity index (χ0) is 17.4. The van der Waals surface area contributed by atoms with Gasteiger partial charge in [-0.25, -0.2) is 4.98 Å². The summed E-state index contributed by atoms with van der Waals surface area (Å²) in [5, 5.41) is 9.12. The Morgan fingerprint density at radius 2 is 2.00 bits per heavy atom. The van der Waals surface area contributed by atoms with E-state index < -0.39 is 0 Å². The topological polar surface area (TPSA) is 88.2 Å². The predicted molar refractivity (Wildman–Crippen MR) is 94.7 cm³/mol. The lowest BCUT2D eigenvalue weighted by molar-refractivity contribution is 0.0955. The minimum atomic E-state index is -0.144. The average Bonchev–Trinajstić information content (AvgIpc) is 2.58. The molecule has 1 aromatic carbocycles. The predicted octanol–water partition coefficient (Wildman–Crippen LogP) is 2.07. The van der Waals surface area contributed by atoms with Crippen LogP contribution in [0.4, 0.5) is 11.8 Å². The summed E-state index contributed by atoms with van der Waals surface area (Å²) in [5.41, 5.74) is 1.44. The summed E-state index contributed by atoms with van der Waals surface area (Å²) in [5.74, 6) is 1.84. The number of nitrogens with one attached hydrogen (secondary N) is 3. The summed E-state index contributed by atoms with van der Waals surface area (Å²) in [6.07, 6.45) is 0. The molecule has 0 radical (unpaired) electrons. The second-order valence-electron chi connectivity index (χ2n) is 5.16. The van der Waals surface area contributed by atoms with Gasteiger partial charge in [-0.15, -0.1) is 0 Å². The van der Waals surface area contributed by atoms with Gasteiger partial charge in [0.1, 0.15) is 11.6 Å². The standard InChI is InChI=1S/C17H23N5O2/c1-4-18-15-10-12(2)21-17(22-15)20-9-8-19-16(23)13-6-5-7-14(11-13)24-3/h5-7,10-11H,4,8-9H2,1-3H3,(H,19,23)(H2,18,20,21,22). The fourth-order valence-electron chi connectivity index (χ4n) is 2.14. The molecule has 0 atom stereocenters. The third kappa shape index (κ3) is 5.12. The van der Waals surface area contributed by atoms with E-state index in [1.807, 2.05) is 19.9 Å². The first kappa shape index (κ1) is 17.5. The van der Waals surface area contributed by atoms with E-state index in [1.165, 1.54) is 0 Å². The SMILES string of the molecule is CCNc1cc(C)nc(NCCNC(=O)c2cccc(OC)c2)n1. The molecule has 7 heteroatoms. The van der Waals surface area contributed by atoms with Crippen LogP contribution in [-0.4, -0.2) is 42.6 Å². The Labute approximate surface area is 141 Å². The molecule has 3 N–H and O–H groups in total. The van der Waals surface area contributed by atoms with Gasteiger partial charge in [0.25, 0.3) is 5.91 Å². The van der Waals surface area contributed by atoms with Crippen molar-refractivity contribution in [1.29, 1.82) is 0 Å². The van der Waals surface area contributed by atoms with Crippen LogP contribution < -0.4 is 20.7 Å². The molecule has 1 heterocycles. The molecule has 2 rings (SSSR count). The summed E-state index contributed by atoms with van der Waals surface area (Å²) >= 11 is 0. The first-order valence-corrected chi connectivity index (χ1v) is 7.88. The molecule has 0 aliphatic heterocycles. The van der Waals surface area contributed by atoms with Gasteiger partial charge in [0.05, 0.1) is 7.11 Å². The second kappa shape index (κ2) is 8.71. The molecule has 0 saturated heterocycles. The van der Waals surface area contributed by atoms with Gasteiger partial charge in [-0.05, 0) is 32.0 Å². The molecule has 7 nitrogen and oxygen atoms in total. The van der Waals surface area contributed by atoms with Gasteiger partial charge in [-0.1, -0.05) is 6.07 Å². The molecule has 0 saturated carbocycles. The number of hydrogen-bond donors (Lipinski definition) is 3. The Kier molecular flexibility index (Phi) is 6.36. The van der Waals surface area contributed by atoms with E-state index in [0.29, 0.717) is 30.4 Å². The van der Waals surface area contributed by atoms with E-state index >= 15 is 0 Å². The summed E-state index contributed by atoms with van der Waals surface area (Å²) < 4.78 is 5.12. The lowest BCUT2D eigenvalue weighted by Crippen LogP contribution is -2.29. The number of aryl methyl sites for hydroxylation is 1. The third-order valence-corrected chi connectivity index (χ3v) is 3.24. The molecule has 0 aliphatic carbocycles. The van der Waals surface area contributed by atoms with Crippen molar-refractivity contribution in [3.05, 3.63) is 41.6 Å². The van der Waals surface area contributed by atoms with Gasteiger partial charge in [-0.2, -0.15) is 4.98 Å². The van der Waals surface area contributed by atoms with Gasteiger partial charge < -0.3 is 20.7 Å². The van der Waals surface area contributed by atoms with Crippen LogP contribution in [0.15, 0.2) is 30.3 Å². The molecule has 0 spiro atoms. The van der Waals surface area contributed by atoms with Crippen LogP contribution in [0.1, 0.15) is 23.0 Å². The van der Waals surface area contributed by atoms with Crippen molar-refractivity contribution in [1.82, 2.24) is 15.3 Å². The molecule has 2 aromatic rings. The highest BCUT2D eigenvalue weighted by Crippen LogP contribution is 2.12. The van der Waals surface area contributed by atoms with Crippen molar-refractivity contribution in [2.45, 2.75) is 13.8 Å². The van der Waals surface area contributed by atoms with Crippen molar-refractivity contribution >= 4 is 17.7 Å². The van der Waals surface area contributed by atoms with E-state index in [-0.39, 0.29) is 5.91 Å².